The Balaban J connectivity index is 2.00. The first-order valence-electron chi connectivity index (χ1n) is 7.30. The third kappa shape index (κ3) is 4.28. The van der Waals surface area contributed by atoms with Crippen LogP contribution in [0.5, 0.6) is 0 Å². The molecule has 1 amide bonds. The van der Waals surface area contributed by atoms with Crippen molar-refractivity contribution in [2.24, 2.45) is 5.73 Å². The van der Waals surface area contributed by atoms with Gasteiger partial charge in [-0.1, -0.05) is 6.07 Å². The van der Waals surface area contributed by atoms with E-state index in [2.05, 4.69) is 4.98 Å². The van der Waals surface area contributed by atoms with E-state index >= 15 is 0 Å². The Kier molecular flexibility index (Phi) is 5.95. The van der Waals surface area contributed by atoms with Gasteiger partial charge in [0.05, 0.1) is 0 Å². The predicted molar refractivity (Wildman–Crippen MR) is 76.9 cm³/mol. The van der Waals surface area contributed by atoms with E-state index in [1.54, 1.807) is 12.4 Å². The highest BCUT2D eigenvalue weighted by Gasteiger charge is 2.26. The quantitative estimate of drug-likeness (QED) is 0.851. The normalized spacial score (nSPS) is 18.8. The van der Waals surface area contributed by atoms with Crippen molar-refractivity contribution in [1.82, 2.24) is 9.88 Å². The summed E-state index contributed by atoms with van der Waals surface area (Å²) in [6.07, 6.45) is 7.00. The highest BCUT2D eigenvalue weighted by Crippen LogP contribution is 2.16. The van der Waals surface area contributed by atoms with E-state index < -0.39 is 0 Å². The maximum absolute atomic E-state index is 12.5. The molecule has 5 nitrogen and oxygen atoms in total. The molecule has 2 heterocycles. The number of nitrogens with two attached hydrogens (primary N) is 1. The van der Waals surface area contributed by atoms with E-state index in [1.165, 1.54) is 0 Å². The number of ether oxygens (including phenoxy) is 1. The van der Waals surface area contributed by atoms with E-state index in [0.29, 0.717) is 26.2 Å². The van der Waals surface area contributed by atoms with Gasteiger partial charge in [-0.3, -0.25) is 9.78 Å². The van der Waals surface area contributed by atoms with Crippen LogP contribution in [0, 0.1) is 0 Å². The van der Waals surface area contributed by atoms with E-state index in [1.807, 2.05) is 17.0 Å². The van der Waals surface area contributed by atoms with Gasteiger partial charge in [0.1, 0.15) is 6.10 Å². The van der Waals surface area contributed by atoms with Crippen LogP contribution in [0.4, 0.5) is 0 Å². The number of aromatic nitrogens is 1. The standard InChI is InChI=1S/C15H23N3O2/c16-7-4-9-18(12-13-5-3-8-17-11-13)15(19)14-6-1-2-10-20-14/h3,5,8,11,14H,1-2,4,6-7,9-10,12,16H2. The second-order valence-electron chi connectivity index (χ2n) is 5.12. The first kappa shape index (κ1) is 14.9. The van der Waals surface area contributed by atoms with Crippen LogP contribution in [-0.4, -0.2) is 41.6 Å². The summed E-state index contributed by atoms with van der Waals surface area (Å²) < 4.78 is 5.60. The molecule has 1 saturated heterocycles. The summed E-state index contributed by atoms with van der Waals surface area (Å²) in [4.78, 5) is 18.5. The zero-order chi connectivity index (χ0) is 14.2. The first-order valence-corrected chi connectivity index (χ1v) is 7.30. The van der Waals surface area contributed by atoms with Gasteiger partial charge in [0, 0.05) is 32.1 Å². The SMILES string of the molecule is NCCCN(Cc1cccnc1)C(=O)C1CCCCO1. The molecule has 0 radical (unpaired) electrons. The van der Waals surface area contributed by atoms with Gasteiger partial charge in [-0.15, -0.1) is 0 Å². The number of nitrogens with zero attached hydrogens (tertiary/aromatic N) is 2. The molecular weight excluding hydrogens is 254 g/mol. The van der Waals surface area contributed by atoms with Gasteiger partial charge in [0.2, 0.25) is 0 Å². The van der Waals surface area contributed by atoms with Crippen LogP contribution < -0.4 is 5.73 Å². The molecule has 20 heavy (non-hydrogen) atoms. The molecule has 1 atom stereocenters. The minimum atomic E-state index is -0.279. The molecule has 5 heteroatoms. The minimum Gasteiger partial charge on any atom is -0.368 e. The number of hydrogen-bond donors (Lipinski definition) is 1. The van der Waals surface area contributed by atoms with Gasteiger partial charge in [-0.05, 0) is 43.9 Å². The fourth-order valence-electron chi connectivity index (χ4n) is 2.40. The van der Waals surface area contributed by atoms with Gasteiger partial charge in [-0.25, -0.2) is 0 Å². The molecule has 1 unspecified atom stereocenters. The fourth-order valence-corrected chi connectivity index (χ4v) is 2.40. The van der Waals surface area contributed by atoms with E-state index in [0.717, 1.165) is 31.2 Å². The average Bonchev–Trinajstić information content (AvgIpc) is 2.52. The summed E-state index contributed by atoms with van der Waals surface area (Å²) in [5.41, 5.74) is 6.60. The summed E-state index contributed by atoms with van der Waals surface area (Å²) >= 11 is 0. The third-order valence-electron chi connectivity index (χ3n) is 3.50. The summed E-state index contributed by atoms with van der Waals surface area (Å²) in [6.45, 7) is 2.52. The lowest BCUT2D eigenvalue weighted by Gasteiger charge is -2.29. The molecule has 110 valence electrons. The molecule has 0 saturated carbocycles. The fraction of sp³-hybridized carbons (Fsp3) is 0.600. The molecular formula is C15H23N3O2. The Labute approximate surface area is 120 Å². The van der Waals surface area contributed by atoms with Crippen LogP contribution in [-0.2, 0) is 16.1 Å². The van der Waals surface area contributed by atoms with Crippen LogP contribution in [0.3, 0.4) is 0 Å². The van der Waals surface area contributed by atoms with Crippen molar-refractivity contribution in [3.05, 3.63) is 30.1 Å². The number of carbonyl (C=O) groups is 1. The maximum Gasteiger partial charge on any atom is 0.251 e. The highest BCUT2D eigenvalue weighted by molar-refractivity contribution is 5.81. The van der Waals surface area contributed by atoms with E-state index in [9.17, 15) is 4.79 Å². The number of carbonyl (C=O) groups excluding carboxylic acids is 1. The predicted octanol–water partition coefficient (Wildman–Crippen LogP) is 1.33. The van der Waals surface area contributed by atoms with Crippen LogP contribution in [0.15, 0.2) is 24.5 Å². The summed E-state index contributed by atoms with van der Waals surface area (Å²) in [7, 11) is 0. The summed E-state index contributed by atoms with van der Waals surface area (Å²) in [5.74, 6) is 0.0852. The van der Waals surface area contributed by atoms with Gasteiger partial charge < -0.3 is 15.4 Å². The topological polar surface area (TPSA) is 68.5 Å². The lowest BCUT2D eigenvalue weighted by molar-refractivity contribution is -0.147. The first-order chi connectivity index (χ1) is 9.81. The smallest absolute Gasteiger partial charge is 0.251 e. The van der Waals surface area contributed by atoms with Crippen LogP contribution in [0.2, 0.25) is 0 Å². The van der Waals surface area contributed by atoms with Crippen molar-refractivity contribution >= 4 is 5.91 Å². The molecule has 1 aromatic heterocycles. The Bertz CT molecular complexity index is 405. The van der Waals surface area contributed by atoms with Gasteiger partial charge >= 0.3 is 0 Å². The number of rotatable bonds is 6. The molecule has 0 spiro atoms. The minimum absolute atomic E-state index is 0.0852. The second kappa shape index (κ2) is 7.97. The van der Waals surface area contributed by atoms with Crippen molar-refractivity contribution in [3.63, 3.8) is 0 Å². The zero-order valence-electron chi connectivity index (χ0n) is 11.8. The molecule has 1 aliphatic rings. The Morgan fingerprint density at radius 1 is 1.50 bits per heavy atom. The van der Waals surface area contributed by atoms with Crippen LogP contribution in [0.1, 0.15) is 31.2 Å². The zero-order valence-corrected chi connectivity index (χ0v) is 11.8. The Morgan fingerprint density at radius 2 is 2.40 bits per heavy atom. The van der Waals surface area contributed by atoms with Crippen molar-refractivity contribution in [1.29, 1.82) is 0 Å². The van der Waals surface area contributed by atoms with Crippen LogP contribution in [0.25, 0.3) is 0 Å². The average molecular weight is 277 g/mol. The lowest BCUT2D eigenvalue weighted by atomic mass is 10.1. The molecule has 1 aromatic rings. The molecule has 0 bridgehead atoms. The number of hydrogen-bond acceptors (Lipinski definition) is 4. The van der Waals surface area contributed by atoms with Crippen molar-refractivity contribution in [3.8, 4) is 0 Å². The van der Waals surface area contributed by atoms with E-state index in [4.69, 9.17) is 10.5 Å². The number of pyridine rings is 1. The Hall–Kier alpha value is -1.46. The third-order valence-corrected chi connectivity index (χ3v) is 3.50. The molecule has 1 fully saturated rings. The van der Waals surface area contributed by atoms with Crippen molar-refractivity contribution in [2.45, 2.75) is 38.3 Å². The van der Waals surface area contributed by atoms with Gasteiger partial charge in [0.25, 0.3) is 5.91 Å². The van der Waals surface area contributed by atoms with Crippen molar-refractivity contribution in [2.75, 3.05) is 19.7 Å². The second-order valence-corrected chi connectivity index (χ2v) is 5.12. The molecule has 2 rings (SSSR count). The highest BCUT2D eigenvalue weighted by atomic mass is 16.5. The molecule has 1 aliphatic heterocycles. The largest absolute Gasteiger partial charge is 0.368 e. The summed E-state index contributed by atoms with van der Waals surface area (Å²) in [5, 5.41) is 0. The monoisotopic (exact) mass is 277 g/mol. The maximum atomic E-state index is 12.5. The number of amides is 1. The molecule has 0 aromatic carbocycles. The Morgan fingerprint density at radius 3 is 3.05 bits per heavy atom. The lowest BCUT2D eigenvalue weighted by Crippen LogP contribution is -2.42. The molecule has 2 N–H and O–H groups in total. The molecule has 0 aliphatic carbocycles. The van der Waals surface area contributed by atoms with Gasteiger partial charge in [-0.2, -0.15) is 0 Å². The summed E-state index contributed by atoms with van der Waals surface area (Å²) in [6, 6.07) is 3.87. The van der Waals surface area contributed by atoms with Gasteiger partial charge in [0.15, 0.2) is 0 Å². The van der Waals surface area contributed by atoms with Crippen molar-refractivity contribution < 1.29 is 9.53 Å². The van der Waals surface area contributed by atoms with E-state index in [-0.39, 0.29) is 12.0 Å². The van der Waals surface area contributed by atoms with Crippen LogP contribution >= 0.6 is 0 Å².